The van der Waals surface area contributed by atoms with Crippen LogP contribution in [0.5, 0.6) is 17.2 Å². The molecule has 0 saturated heterocycles. The highest BCUT2D eigenvalue weighted by Crippen LogP contribution is 2.19. The van der Waals surface area contributed by atoms with Crippen molar-refractivity contribution in [2.24, 2.45) is 0 Å². The van der Waals surface area contributed by atoms with Gasteiger partial charge in [-0.25, -0.2) is 24.0 Å². The Kier molecular flexibility index (Phi) is 21.4. The summed E-state index contributed by atoms with van der Waals surface area (Å²) in [5.41, 5.74) is 2.41. The number of ketones is 1. The molecule has 332 valence electrons. The Morgan fingerprint density at radius 3 is 1.19 bits per heavy atom. The number of hydrogen-bond acceptors (Lipinski definition) is 13. The van der Waals surface area contributed by atoms with E-state index in [2.05, 4.69) is 13.2 Å². The van der Waals surface area contributed by atoms with Crippen LogP contribution in [0.25, 0.3) is 0 Å². The van der Waals surface area contributed by atoms with Crippen LogP contribution in [0.1, 0.15) is 105 Å². The van der Waals surface area contributed by atoms with Gasteiger partial charge in [-0.1, -0.05) is 44.6 Å². The normalized spacial score (nSPS) is 10.5. The molecule has 13 heteroatoms. The monoisotopic (exact) mass is 862 g/mol. The fourth-order valence-corrected chi connectivity index (χ4v) is 5.78. The van der Waals surface area contributed by atoms with E-state index in [0.29, 0.717) is 98.7 Å². The van der Waals surface area contributed by atoms with Crippen LogP contribution in [0.2, 0.25) is 0 Å². The molecule has 0 aromatic heterocycles. The fourth-order valence-electron chi connectivity index (χ4n) is 5.78. The molecule has 0 N–H and O–H groups in total. The van der Waals surface area contributed by atoms with E-state index in [4.69, 9.17) is 33.2 Å². The molecule has 0 aliphatic rings. The SMILES string of the molecule is C=CC(=O)OCCCCOc1ccc(C(=O)Cc2ccc(C(=O)OCCCCCCCOC(=O)c3ccc(OC(=O)c4ccc(OCCCCOC(=O)C=C)cc4)cc3)cc2)cc1. The number of Topliss-reactive ketones (excluding diaryl/α,β-unsaturated/α-hetero) is 1. The van der Waals surface area contributed by atoms with Crippen molar-refractivity contribution in [2.45, 2.75) is 64.2 Å². The predicted molar refractivity (Wildman–Crippen MR) is 234 cm³/mol. The van der Waals surface area contributed by atoms with E-state index in [-0.39, 0.29) is 31.2 Å². The Labute approximate surface area is 367 Å². The second kappa shape index (κ2) is 27.8. The number of unbranched alkanes of at least 4 members (excludes halogenated alkanes) is 6. The van der Waals surface area contributed by atoms with Gasteiger partial charge in [0.25, 0.3) is 0 Å². The van der Waals surface area contributed by atoms with Gasteiger partial charge in [-0.2, -0.15) is 0 Å². The quantitative estimate of drug-likeness (QED) is 0.0127. The lowest BCUT2D eigenvalue weighted by molar-refractivity contribution is -0.138. The first-order valence-electron chi connectivity index (χ1n) is 21.0. The van der Waals surface area contributed by atoms with E-state index in [1.54, 1.807) is 72.8 Å². The van der Waals surface area contributed by atoms with Gasteiger partial charge in [-0.05, 0) is 129 Å². The molecule has 0 bridgehead atoms. The minimum absolute atomic E-state index is 0.0601. The maximum atomic E-state index is 12.8. The Bertz CT molecular complexity index is 1940. The van der Waals surface area contributed by atoms with E-state index in [0.717, 1.165) is 37.0 Å². The zero-order valence-corrected chi connectivity index (χ0v) is 35.4. The second-order valence-corrected chi connectivity index (χ2v) is 14.2. The molecule has 0 atom stereocenters. The summed E-state index contributed by atoms with van der Waals surface area (Å²) in [5, 5.41) is 0. The summed E-state index contributed by atoms with van der Waals surface area (Å²) in [4.78, 5) is 72.6. The van der Waals surface area contributed by atoms with Crippen molar-refractivity contribution in [3.05, 3.63) is 150 Å². The van der Waals surface area contributed by atoms with Gasteiger partial charge in [0.05, 0.1) is 56.3 Å². The van der Waals surface area contributed by atoms with Crippen LogP contribution in [0, 0.1) is 0 Å². The number of esters is 5. The number of carbonyl (C=O) groups is 6. The molecule has 0 aliphatic heterocycles. The zero-order valence-electron chi connectivity index (χ0n) is 35.4. The lowest BCUT2D eigenvalue weighted by Crippen LogP contribution is -2.09. The third-order valence-corrected chi connectivity index (χ3v) is 9.31. The van der Waals surface area contributed by atoms with Crippen molar-refractivity contribution in [3.63, 3.8) is 0 Å². The molecule has 4 aromatic carbocycles. The molecular formula is C50H54O13. The number of benzene rings is 4. The zero-order chi connectivity index (χ0) is 45.1. The van der Waals surface area contributed by atoms with Crippen molar-refractivity contribution < 1.29 is 61.9 Å². The van der Waals surface area contributed by atoms with Gasteiger partial charge in [0.2, 0.25) is 0 Å². The van der Waals surface area contributed by atoms with Gasteiger partial charge in [0.15, 0.2) is 5.78 Å². The van der Waals surface area contributed by atoms with Gasteiger partial charge in [0.1, 0.15) is 17.2 Å². The molecule has 0 saturated carbocycles. The number of carbonyl (C=O) groups excluding carboxylic acids is 6. The van der Waals surface area contributed by atoms with Gasteiger partial charge in [-0.15, -0.1) is 0 Å². The summed E-state index contributed by atoms with van der Waals surface area (Å²) in [7, 11) is 0. The summed E-state index contributed by atoms with van der Waals surface area (Å²) < 4.78 is 37.5. The highest BCUT2D eigenvalue weighted by Gasteiger charge is 2.13. The standard InChI is InChI=1S/C50H54O13/c1-3-46(52)59-32-12-10-30-57-42-24-18-38(19-25-42)45(51)36-37-14-16-39(17-15-37)48(54)61-34-8-6-5-7-9-35-62-49(55)40-22-28-44(29-23-40)63-50(56)41-20-26-43(27-21-41)58-31-11-13-33-60-47(53)4-2/h3-4,14-29H,1-2,5-13,30-36H2. The summed E-state index contributed by atoms with van der Waals surface area (Å²) in [5.74, 6) is -0.895. The Morgan fingerprint density at radius 1 is 0.381 bits per heavy atom. The van der Waals surface area contributed by atoms with Crippen molar-refractivity contribution in [2.75, 3.05) is 39.6 Å². The molecule has 0 radical (unpaired) electrons. The van der Waals surface area contributed by atoms with Gasteiger partial charge in [-0.3, -0.25) is 4.79 Å². The molecule has 0 unspecified atom stereocenters. The van der Waals surface area contributed by atoms with Crippen molar-refractivity contribution in [3.8, 4) is 17.2 Å². The highest BCUT2D eigenvalue weighted by atomic mass is 16.5. The number of rotatable bonds is 29. The van der Waals surface area contributed by atoms with Gasteiger partial charge < -0.3 is 33.2 Å². The van der Waals surface area contributed by atoms with Crippen molar-refractivity contribution in [1.29, 1.82) is 0 Å². The van der Waals surface area contributed by atoms with Crippen LogP contribution in [0.4, 0.5) is 0 Å². The second-order valence-electron chi connectivity index (χ2n) is 14.2. The largest absolute Gasteiger partial charge is 0.494 e. The lowest BCUT2D eigenvalue weighted by Gasteiger charge is -2.09. The molecule has 63 heavy (non-hydrogen) atoms. The first-order valence-corrected chi connectivity index (χ1v) is 21.0. The molecular weight excluding hydrogens is 809 g/mol. The summed E-state index contributed by atoms with van der Waals surface area (Å²) in [6.07, 6.45) is 9.11. The van der Waals surface area contributed by atoms with Gasteiger partial charge in [0, 0.05) is 24.1 Å². The van der Waals surface area contributed by atoms with E-state index in [9.17, 15) is 28.8 Å². The Morgan fingerprint density at radius 2 is 0.730 bits per heavy atom. The maximum absolute atomic E-state index is 12.8. The first kappa shape index (κ1) is 48.6. The van der Waals surface area contributed by atoms with Crippen LogP contribution < -0.4 is 14.2 Å². The third-order valence-electron chi connectivity index (χ3n) is 9.31. The molecule has 4 aromatic rings. The average Bonchev–Trinajstić information content (AvgIpc) is 3.31. The summed E-state index contributed by atoms with van der Waals surface area (Å²) >= 11 is 0. The molecule has 0 fully saturated rings. The minimum Gasteiger partial charge on any atom is -0.494 e. The van der Waals surface area contributed by atoms with Crippen LogP contribution in [-0.2, 0) is 35.0 Å². The van der Waals surface area contributed by atoms with Crippen molar-refractivity contribution in [1.82, 2.24) is 0 Å². The van der Waals surface area contributed by atoms with E-state index >= 15 is 0 Å². The van der Waals surface area contributed by atoms with E-state index in [1.165, 1.54) is 24.3 Å². The first-order chi connectivity index (χ1) is 30.6. The molecule has 0 amide bonds. The number of hydrogen-bond donors (Lipinski definition) is 0. The van der Waals surface area contributed by atoms with Crippen LogP contribution in [-0.4, -0.2) is 75.3 Å². The molecule has 0 heterocycles. The van der Waals surface area contributed by atoms with Crippen LogP contribution in [0.3, 0.4) is 0 Å². The van der Waals surface area contributed by atoms with Crippen molar-refractivity contribution >= 4 is 35.6 Å². The summed E-state index contributed by atoms with van der Waals surface area (Å²) in [6, 6.07) is 26.4. The molecule has 13 nitrogen and oxygen atoms in total. The lowest BCUT2D eigenvalue weighted by atomic mass is 10.0. The summed E-state index contributed by atoms with van der Waals surface area (Å²) in [6.45, 7) is 8.73. The smallest absolute Gasteiger partial charge is 0.343 e. The van der Waals surface area contributed by atoms with E-state index < -0.39 is 29.8 Å². The highest BCUT2D eigenvalue weighted by molar-refractivity contribution is 5.98. The van der Waals surface area contributed by atoms with Crippen LogP contribution >= 0.6 is 0 Å². The number of ether oxygens (including phenoxy) is 7. The minimum atomic E-state index is -0.556. The molecule has 0 aliphatic carbocycles. The molecule has 4 rings (SSSR count). The average molecular weight is 863 g/mol. The fraction of sp³-hybridized carbons (Fsp3) is 0.320. The Hall–Kier alpha value is -7.02. The topological polar surface area (TPSA) is 167 Å². The predicted octanol–water partition coefficient (Wildman–Crippen LogP) is 9.07. The van der Waals surface area contributed by atoms with Gasteiger partial charge >= 0.3 is 29.8 Å². The maximum Gasteiger partial charge on any atom is 0.343 e. The third kappa shape index (κ3) is 18.6. The van der Waals surface area contributed by atoms with Crippen LogP contribution in [0.15, 0.2) is 122 Å². The Balaban J connectivity index is 1.01. The van der Waals surface area contributed by atoms with E-state index in [1.807, 2.05) is 0 Å². The molecule has 0 spiro atoms.